The molecule has 0 aromatic carbocycles. The lowest BCUT2D eigenvalue weighted by Gasteiger charge is -2.21. The number of esters is 4. The van der Waals surface area contributed by atoms with E-state index in [0.717, 1.165) is 114 Å². The maximum atomic E-state index is 13.1. The Hall–Kier alpha value is -1.94. The van der Waals surface area contributed by atoms with Crippen molar-refractivity contribution in [2.75, 3.05) is 39.6 Å². The van der Waals surface area contributed by atoms with E-state index in [1.807, 2.05) is 0 Å². The molecule has 97 heavy (non-hydrogen) atoms. The van der Waals surface area contributed by atoms with Gasteiger partial charge in [0.1, 0.15) is 19.3 Å². The van der Waals surface area contributed by atoms with E-state index in [1.165, 1.54) is 193 Å². The Morgan fingerprint density at radius 3 is 0.732 bits per heavy atom. The minimum absolute atomic E-state index is 0.104. The van der Waals surface area contributed by atoms with Gasteiger partial charge in [-0.15, -0.1) is 0 Å². The van der Waals surface area contributed by atoms with Crippen LogP contribution in [0.2, 0.25) is 0 Å². The fraction of sp³-hybridized carbons (Fsp3) is 0.949. The van der Waals surface area contributed by atoms with Crippen molar-refractivity contribution in [3.63, 3.8) is 0 Å². The summed E-state index contributed by atoms with van der Waals surface area (Å²) in [4.78, 5) is 72.8. The highest BCUT2D eigenvalue weighted by atomic mass is 31.2. The SMILES string of the molecule is CCC(C)CCCCCCCCCCCCCCCCC(=O)OC[C@H](COP(=O)(O)OC[C@@H](O)COP(=O)(O)OC[C@@H](COC(=O)CCCCCCCCC(C)C)OC(=O)CCCCCCCCCCCC(C)C)OC(=O)CCCCCCCCCCCCCCCCCC(C)C. The van der Waals surface area contributed by atoms with E-state index in [1.54, 1.807) is 0 Å². The Bertz CT molecular complexity index is 1900. The lowest BCUT2D eigenvalue weighted by atomic mass is 9.99. The van der Waals surface area contributed by atoms with Gasteiger partial charge in [-0.1, -0.05) is 344 Å². The average molecular weight is 1420 g/mol. The van der Waals surface area contributed by atoms with Crippen molar-refractivity contribution in [1.29, 1.82) is 0 Å². The lowest BCUT2D eigenvalue weighted by Crippen LogP contribution is -2.30. The van der Waals surface area contributed by atoms with Gasteiger partial charge in [0, 0.05) is 25.7 Å². The highest BCUT2D eigenvalue weighted by Gasteiger charge is 2.30. The third-order valence-electron chi connectivity index (χ3n) is 18.4. The van der Waals surface area contributed by atoms with Crippen LogP contribution < -0.4 is 0 Å². The van der Waals surface area contributed by atoms with Crippen molar-refractivity contribution in [2.45, 2.75) is 414 Å². The van der Waals surface area contributed by atoms with Crippen molar-refractivity contribution >= 4 is 39.5 Å². The standard InChI is InChI=1S/C78H152O17P2/c1-9-71(8)57-49-41-32-26-20-16-13-14-17-21-27-33-42-50-58-75(80)88-64-73(94-77(82)60-52-44-34-28-22-18-12-10-11-15-19-24-30-38-46-54-68(2)3)66-92-96(84,85)90-62-72(79)63-91-97(86,87)93-67-74(65-89-76(81)59-51-43-37-36-40-48-56-70(6)7)95-78(83)61-53-45-35-29-23-25-31-39-47-55-69(4)5/h68-74,79H,9-67H2,1-8H3,(H,84,85)(H,86,87)/t71?,72-,73-,74-/m1/s1. The summed E-state index contributed by atoms with van der Waals surface area (Å²) in [6.07, 6.45) is 52.9. The number of carbonyl (C=O) groups excluding carboxylic acids is 4. The van der Waals surface area contributed by atoms with Crippen molar-refractivity contribution in [3.05, 3.63) is 0 Å². The van der Waals surface area contributed by atoms with E-state index in [-0.39, 0.29) is 25.7 Å². The van der Waals surface area contributed by atoms with Crippen LogP contribution in [0, 0.1) is 23.7 Å². The summed E-state index contributed by atoms with van der Waals surface area (Å²) in [7, 11) is -9.92. The Labute approximate surface area is 594 Å². The molecule has 17 nitrogen and oxygen atoms in total. The minimum Gasteiger partial charge on any atom is -0.462 e. The molecule has 6 atom stereocenters. The molecule has 19 heteroatoms. The Morgan fingerprint density at radius 1 is 0.289 bits per heavy atom. The number of rotatable bonds is 75. The molecule has 576 valence electrons. The van der Waals surface area contributed by atoms with E-state index in [0.29, 0.717) is 31.6 Å². The third-order valence-corrected chi connectivity index (χ3v) is 20.3. The molecule has 0 heterocycles. The number of phosphoric ester groups is 2. The Morgan fingerprint density at radius 2 is 0.495 bits per heavy atom. The molecule has 0 aromatic rings. The molecule has 0 rings (SSSR count). The number of unbranched alkanes of at least 4 members (excludes halogenated alkanes) is 40. The van der Waals surface area contributed by atoms with Gasteiger partial charge in [-0.3, -0.25) is 37.3 Å². The highest BCUT2D eigenvalue weighted by molar-refractivity contribution is 7.47. The first-order valence-corrected chi connectivity index (χ1v) is 43.2. The predicted molar refractivity (Wildman–Crippen MR) is 395 cm³/mol. The van der Waals surface area contributed by atoms with Crippen LogP contribution >= 0.6 is 15.6 Å². The summed E-state index contributed by atoms with van der Waals surface area (Å²) in [6.45, 7) is 14.2. The largest absolute Gasteiger partial charge is 0.472 e. The molecule has 0 amide bonds. The van der Waals surface area contributed by atoms with E-state index in [9.17, 15) is 43.2 Å². The predicted octanol–water partition coefficient (Wildman–Crippen LogP) is 22.8. The van der Waals surface area contributed by atoms with Crippen LogP contribution in [0.3, 0.4) is 0 Å². The van der Waals surface area contributed by atoms with Gasteiger partial charge in [0.05, 0.1) is 26.4 Å². The molecule has 0 saturated heterocycles. The highest BCUT2D eigenvalue weighted by Crippen LogP contribution is 2.45. The zero-order chi connectivity index (χ0) is 71.7. The van der Waals surface area contributed by atoms with E-state index < -0.39 is 97.5 Å². The molecule has 0 fully saturated rings. The molecule has 3 N–H and O–H groups in total. The molecule has 0 aliphatic carbocycles. The van der Waals surface area contributed by atoms with Crippen molar-refractivity contribution in [2.24, 2.45) is 23.7 Å². The monoisotopic (exact) mass is 1420 g/mol. The smallest absolute Gasteiger partial charge is 0.462 e. The normalized spacial score (nSPS) is 14.4. The number of hydrogen-bond acceptors (Lipinski definition) is 15. The zero-order valence-corrected chi connectivity index (χ0v) is 65.5. The quantitative estimate of drug-likeness (QED) is 0.0222. The van der Waals surface area contributed by atoms with Gasteiger partial charge in [0.15, 0.2) is 12.2 Å². The first-order chi connectivity index (χ1) is 46.6. The first kappa shape index (κ1) is 95.1. The maximum absolute atomic E-state index is 13.1. The number of aliphatic hydroxyl groups excluding tert-OH is 1. The summed E-state index contributed by atoms with van der Waals surface area (Å²) >= 11 is 0. The second kappa shape index (κ2) is 67.2. The zero-order valence-electron chi connectivity index (χ0n) is 63.7. The lowest BCUT2D eigenvalue weighted by molar-refractivity contribution is -0.161. The molecular formula is C78H152O17P2. The summed E-state index contributed by atoms with van der Waals surface area (Å²) < 4.78 is 68.6. The molecule has 0 radical (unpaired) electrons. The molecule has 0 aliphatic rings. The van der Waals surface area contributed by atoms with Gasteiger partial charge >= 0.3 is 39.5 Å². The fourth-order valence-electron chi connectivity index (χ4n) is 11.9. The molecule has 0 spiro atoms. The Kier molecular flexibility index (Phi) is 65.9. The van der Waals surface area contributed by atoms with E-state index >= 15 is 0 Å². The summed E-state index contributed by atoms with van der Waals surface area (Å²) in [5, 5.41) is 10.6. The van der Waals surface area contributed by atoms with E-state index in [2.05, 4.69) is 55.4 Å². The second-order valence-corrected chi connectivity index (χ2v) is 32.7. The van der Waals surface area contributed by atoms with Crippen LogP contribution in [0.5, 0.6) is 0 Å². The molecule has 0 aliphatic heterocycles. The van der Waals surface area contributed by atoms with Crippen LogP contribution in [0.15, 0.2) is 0 Å². The van der Waals surface area contributed by atoms with Crippen LogP contribution in [-0.4, -0.2) is 96.7 Å². The van der Waals surface area contributed by atoms with Crippen LogP contribution in [0.25, 0.3) is 0 Å². The molecule has 0 saturated carbocycles. The average Bonchev–Trinajstić information content (AvgIpc) is 2.63. The van der Waals surface area contributed by atoms with E-state index in [4.69, 9.17) is 37.0 Å². The second-order valence-electron chi connectivity index (χ2n) is 29.8. The van der Waals surface area contributed by atoms with Crippen molar-refractivity contribution in [3.8, 4) is 0 Å². The van der Waals surface area contributed by atoms with Crippen LogP contribution in [0.1, 0.15) is 396 Å². The first-order valence-electron chi connectivity index (χ1n) is 40.2. The maximum Gasteiger partial charge on any atom is 0.472 e. The minimum atomic E-state index is -4.96. The van der Waals surface area contributed by atoms with Gasteiger partial charge in [0.2, 0.25) is 0 Å². The number of carbonyl (C=O) groups is 4. The third kappa shape index (κ3) is 70.9. The van der Waals surface area contributed by atoms with Gasteiger partial charge in [-0.2, -0.15) is 0 Å². The van der Waals surface area contributed by atoms with Gasteiger partial charge in [-0.25, -0.2) is 9.13 Å². The topological polar surface area (TPSA) is 237 Å². The number of hydrogen-bond donors (Lipinski definition) is 3. The summed E-state index contributed by atoms with van der Waals surface area (Å²) in [6, 6.07) is 0. The number of ether oxygens (including phenoxy) is 4. The number of phosphoric acid groups is 2. The van der Waals surface area contributed by atoms with Gasteiger partial charge in [0.25, 0.3) is 0 Å². The molecule has 3 unspecified atom stereocenters. The summed E-state index contributed by atoms with van der Waals surface area (Å²) in [5.74, 6) is 0.948. The van der Waals surface area contributed by atoms with Crippen LogP contribution in [0.4, 0.5) is 0 Å². The molecular weight excluding hydrogens is 1270 g/mol. The van der Waals surface area contributed by atoms with Crippen molar-refractivity contribution in [1.82, 2.24) is 0 Å². The van der Waals surface area contributed by atoms with Crippen LogP contribution in [-0.2, 0) is 65.4 Å². The fourth-order valence-corrected chi connectivity index (χ4v) is 13.5. The number of aliphatic hydroxyl groups is 1. The Balaban J connectivity index is 5.23. The van der Waals surface area contributed by atoms with Gasteiger partial charge < -0.3 is 33.8 Å². The van der Waals surface area contributed by atoms with Crippen molar-refractivity contribution < 1.29 is 80.2 Å². The summed E-state index contributed by atoms with van der Waals surface area (Å²) in [5.41, 5.74) is 0. The molecule has 0 aromatic heterocycles. The molecule has 0 bridgehead atoms. The van der Waals surface area contributed by atoms with Gasteiger partial charge in [-0.05, 0) is 49.4 Å².